The zero-order chi connectivity index (χ0) is 22.8. The van der Waals surface area contributed by atoms with E-state index in [0.29, 0.717) is 0 Å². The van der Waals surface area contributed by atoms with Crippen LogP contribution in [-0.4, -0.2) is 20.7 Å². The van der Waals surface area contributed by atoms with Gasteiger partial charge in [0, 0.05) is 21.3 Å². The molecule has 2 aromatic carbocycles. The Labute approximate surface area is 189 Å². The van der Waals surface area contributed by atoms with Gasteiger partial charge in [-0.1, -0.05) is 29.3 Å². The summed E-state index contributed by atoms with van der Waals surface area (Å²) >= 11 is 13.0. The van der Waals surface area contributed by atoms with Gasteiger partial charge in [-0.15, -0.1) is 24.5 Å². The van der Waals surface area contributed by atoms with Gasteiger partial charge in [0.05, 0.1) is 10.6 Å². The highest BCUT2D eigenvalue weighted by Crippen LogP contribution is 2.32. The topological polar surface area (TPSA) is 72.5 Å². The third-order valence-electron chi connectivity index (χ3n) is 3.91. The van der Waals surface area contributed by atoms with Crippen LogP contribution in [0.25, 0.3) is 0 Å². The monoisotopic (exact) mass is 509 g/mol. The minimum Gasteiger partial charge on any atom is -0.406 e. The molecule has 1 amide bonds. The lowest BCUT2D eigenvalue weighted by atomic mass is 10.2. The van der Waals surface area contributed by atoms with Crippen LogP contribution in [0, 0.1) is 0 Å². The summed E-state index contributed by atoms with van der Waals surface area (Å²) in [5.41, 5.74) is 0.370. The van der Waals surface area contributed by atoms with E-state index in [2.05, 4.69) is 10.1 Å². The molecule has 0 spiro atoms. The molecule has 1 heterocycles. The molecule has 0 saturated heterocycles. The molecule has 0 aliphatic heterocycles. The summed E-state index contributed by atoms with van der Waals surface area (Å²) in [6.07, 6.45) is -4.84. The molecule has 0 saturated carbocycles. The maximum Gasteiger partial charge on any atom is 0.573 e. The first-order valence-electron chi connectivity index (χ1n) is 8.36. The summed E-state index contributed by atoms with van der Waals surface area (Å²) in [7, 11) is -3.97. The molecule has 0 unspecified atom stereocenters. The molecule has 3 rings (SSSR count). The van der Waals surface area contributed by atoms with Gasteiger partial charge in [-0.3, -0.25) is 4.79 Å². The fourth-order valence-corrected chi connectivity index (χ4v) is 6.05. The summed E-state index contributed by atoms with van der Waals surface area (Å²) in [6, 6.07) is 10.3. The van der Waals surface area contributed by atoms with Crippen LogP contribution in [0.5, 0.6) is 5.75 Å². The summed E-state index contributed by atoms with van der Waals surface area (Å²) < 4.78 is 66.3. The van der Waals surface area contributed by atoms with Gasteiger partial charge in [0.25, 0.3) is 5.91 Å². The molecule has 12 heteroatoms. The fraction of sp³-hybridized carbons (Fsp3) is 0.105. The van der Waals surface area contributed by atoms with Crippen molar-refractivity contribution in [1.29, 1.82) is 0 Å². The zero-order valence-corrected chi connectivity index (χ0v) is 18.4. The van der Waals surface area contributed by atoms with E-state index in [-0.39, 0.29) is 31.1 Å². The summed E-state index contributed by atoms with van der Waals surface area (Å²) in [5, 5.41) is 4.25. The second kappa shape index (κ2) is 9.07. The van der Waals surface area contributed by atoms with Crippen molar-refractivity contribution in [2.45, 2.75) is 17.0 Å². The highest BCUT2D eigenvalue weighted by molar-refractivity contribution is 7.91. The molecular weight excluding hydrogens is 498 g/mol. The third kappa shape index (κ3) is 5.91. The number of benzene rings is 2. The van der Waals surface area contributed by atoms with Gasteiger partial charge in [-0.05, 0) is 47.8 Å². The number of amides is 1. The largest absolute Gasteiger partial charge is 0.573 e. The fourth-order valence-electron chi connectivity index (χ4n) is 2.57. The Morgan fingerprint density at radius 3 is 2.23 bits per heavy atom. The van der Waals surface area contributed by atoms with Gasteiger partial charge in [-0.25, -0.2) is 8.42 Å². The molecule has 5 nitrogen and oxygen atoms in total. The number of hydrogen-bond donors (Lipinski definition) is 1. The molecule has 1 aromatic heterocycles. The minimum absolute atomic E-state index is 0.0844. The van der Waals surface area contributed by atoms with E-state index >= 15 is 0 Å². The minimum atomic E-state index is -4.84. The van der Waals surface area contributed by atoms with Crippen molar-refractivity contribution in [3.63, 3.8) is 0 Å². The van der Waals surface area contributed by atoms with Crippen LogP contribution in [0.4, 0.5) is 18.9 Å². The van der Waals surface area contributed by atoms with Crippen LogP contribution in [-0.2, 0) is 15.6 Å². The predicted octanol–water partition coefficient (Wildman–Crippen LogP) is 6.18. The highest BCUT2D eigenvalue weighted by atomic mass is 35.5. The van der Waals surface area contributed by atoms with Gasteiger partial charge < -0.3 is 10.1 Å². The first-order valence-corrected chi connectivity index (χ1v) is 11.7. The molecule has 0 aliphatic rings. The third-order valence-corrected chi connectivity index (χ3v) is 7.34. The van der Waals surface area contributed by atoms with Crippen LogP contribution in [0.3, 0.4) is 0 Å². The quantitative estimate of drug-likeness (QED) is 0.430. The summed E-state index contributed by atoms with van der Waals surface area (Å²) in [5.74, 6) is -1.70. The van der Waals surface area contributed by atoms with Gasteiger partial charge in [0.2, 0.25) is 0 Å². The van der Waals surface area contributed by atoms with Crippen LogP contribution in [0.15, 0.2) is 58.8 Å². The van der Waals surface area contributed by atoms with E-state index in [1.54, 1.807) is 6.07 Å². The number of halogens is 5. The number of alkyl halides is 3. The molecule has 164 valence electrons. The maximum atomic E-state index is 12.9. The predicted molar refractivity (Wildman–Crippen MR) is 113 cm³/mol. The smallest absolute Gasteiger partial charge is 0.406 e. The summed E-state index contributed by atoms with van der Waals surface area (Å²) in [6.45, 7) is 0. The van der Waals surface area contributed by atoms with E-state index in [1.165, 1.54) is 35.7 Å². The number of carbonyl (C=O) groups is 1. The molecular formula is C19H12Cl2F3NO4S2. The first-order chi connectivity index (χ1) is 14.5. The Kier molecular flexibility index (Phi) is 6.85. The van der Waals surface area contributed by atoms with Crippen molar-refractivity contribution >= 4 is 56.0 Å². The van der Waals surface area contributed by atoms with Crippen molar-refractivity contribution in [1.82, 2.24) is 0 Å². The zero-order valence-electron chi connectivity index (χ0n) is 15.2. The Morgan fingerprint density at radius 2 is 1.65 bits per heavy atom. The molecule has 0 atom stereocenters. The lowest BCUT2D eigenvalue weighted by Crippen LogP contribution is -2.17. The number of ether oxygens (including phenoxy) is 1. The van der Waals surface area contributed by atoms with E-state index in [9.17, 15) is 26.4 Å². The summed E-state index contributed by atoms with van der Waals surface area (Å²) in [4.78, 5) is 12.3. The number of carbonyl (C=O) groups excluding carboxylic acids is 1. The van der Waals surface area contributed by atoms with Crippen LogP contribution >= 0.6 is 34.5 Å². The normalized spacial score (nSPS) is 11.9. The maximum absolute atomic E-state index is 12.9. The van der Waals surface area contributed by atoms with Crippen LogP contribution in [0.2, 0.25) is 10.0 Å². The Morgan fingerprint density at radius 1 is 1.03 bits per heavy atom. The molecule has 0 fully saturated rings. The second-order valence-corrected chi connectivity index (χ2v) is 9.79. The molecule has 31 heavy (non-hydrogen) atoms. The lowest BCUT2D eigenvalue weighted by Gasteiger charge is -2.11. The number of thiophene rings is 1. The molecule has 1 N–H and O–H groups in total. The van der Waals surface area contributed by atoms with Crippen molar-refractivity contribution in [3.8, 4) is 5.75 Å². The van der Waals surface area contributed by atoms with Gasteiger partial charge in [0.1, 0.15) is 10.6 Å². The number of anilines is 1. The standard InChI is InChI=1S/C19H12Cl2F3NO4S2/c20-14-2-1-3-15(21)13(14)10-31(27,28)16-8-9-30-17(16)18(26)25-11-4-6-12(7-5-11)29-19(22,23)24/h1-9H,10H2,(H,25,26). The van der Waals surface area contributed by atoms with E-state index in [1.807, 2.05) is 0 Å². The van der Waals surface area contributed by atoms with E-state index in [4.69, 9.17) is 23.2 Å². The van der Waals surface area contributed by atoms with Crippen LogP contribution < -0.4 is 10.1 Å². The van der Waals surface area contributed by atoms with Crippen molar-refractivity contribution in [2.75, 3.05) is 5.32 Å². The highest BCUT2D eigenvalue weighted by Gasteiger charge is 2.31. The molecule has 0 bridgehead atoms. The van der Waals surface area contributed by atoms with E-state index in [0.717, 1.165) is 23.5 Å². The van der Waals surface area contributed by atoms with Gasteiger partial charge >= 0.3 is 6.36 Å². The number of hydrogen-bond acceptors (Lipinski definition) is 5. The van der Waals surface area contributed by atoms with Crippen LogP contribution in [0.1, 0.15) is 15.2 Å². The van der Waals surface area contributed by atoms with Gasteiger partial charge in [0.15, 0.2) is 9.84 Å². The van der Waals surface area contributed by atoms with Crippen molar-refractivity contribution in [3.05, 3.63) is 74.4 Å². The van der Waals surface area contributed by atoms with Crippen molar-refractivity contribution < 1.29 is 31.1 Å². The average Bonchev–Trinajstić information content (AvgIpc) is 3.16. The van der Waals surface area contributed by atoms with Crippen molar-refractivity contribution in [2.24, 2.45) is 0 Å². The SMILES string of the molecule is O=C(Nc1ccc(OC(F)(F)F)cc1)c1sccc1S(=O)(=O)Cc1c(Cl)cccc1Cl. The number of nitrogens with one attached hydrogen (secondary N) is 1. The number of rotatable bonds is 6. The van der Waals surface area contributed by atoms with E-state index < -0.39 is 33.6 Å². The Bertz CT molecular complexity index is 1190. The lowest BCUT2D eigenvalue weighted by molar-refractivity contribution is -0.274. The molecule has 0 aliphatic carbocycles. The first kappa shape index (κ1) is 23.4. The average molecular weight is 510 g/mol. The van der Waals surface area contributed by atoms with Gasteiger partial charge in [-0.2, -0.15) is 0 Å². The Hall–Kier alpha value is -2.27. The molecule has 3 aromatic rings. The Balaban J connectivity index is 1.80. The second-order valence-electron chi connectivity index (χ2n) is 6.10. The molecule has 0 radical (unpaired) electrons. The number of sulfone groups is 1.